The van der Waals surface area contributed by atoms with Crippen molar-refractivity contribution < 1.29 is 13.3 Å². The molecule has 0 radical (unpaired) electrons. The Balaban J connectivity index is 0.000000102. The van der Waals surface area contributed by atoms with Gasteiger partial charge in [0.1, 0.15) is 33.5 Å². The average molecular weight is 1760 g/mol. The second kappa shape index (κ2) is 31.7. The van der Waals surface area contributed by atoms with E-state index in [0.29, 0.717) is 0 Å². The van der Waals surface area contributed by atoms with Crippen molar-refractivity contribution in [3.05, 3.63) is 491 Å². The first-order chi connectivity index (χ1) is 68.6. The summed E-state index contributed by atoms with van der Waals surface area (Å²) in [7, 11) is 0. The molecule has 0 atom stereocenters. The molecule has 6 nitrogen and oxygen atoms in total. The Morgan fingerprint density at radius 1 is 0.138 bits per heavy atom. The molecule has 0 unspecified atom stereocenters. The van der Waals surface area contributed by atoms with E-state index in [0.717, 1.165) is 88.4 Å². The van der Waals surface area contributed by atoms with Gasteiger partial charge in [0, 0.05) is 76.7 Å². The topological polar surface area (TPSA) is 54.2 Å². The lowest BCUT2D eigenvalue weighted by Gasteiger charge is -2.18. The molecule has 6 heteroatoms. The molecule has 0 N–H and O–H groups in total. The van der Waals surface area contributed by atoms with Gasteiger partial charge in [-0.2, -0.15) is 0 Å². The quantitative estimate of drug-likeness (QED) is 0.135. The van der Waals surface area contributed by atoms with E-state index >= 15 is 0 Å². The molecule has 0 aliphatic heterocycles. The third-order valence-electron chi connectivity index (χ3n) is 28.7. The second-order valence-corrected chi connectivity index (χ2v) is 36.1. The van der Waals surface area contributed by atoms with Crippen molar-refractivity contribution >= 4 is 196 Å². The van der Waals surface area contributed by atoms with E-state index in [2.05, 4.69) is 493 Å². The van der Waals surface area contributed by atoms with Crippen LogP contribution in [-0.4, -0.2) is 13.7 Å². The first kappa shape index (κ1) is 78.3. The van der Waals surface area contributed by atoms with E-state index in [4.69, 9.17) is 13.3 Å². The van der Waals surface area contributed by atoms with Crippen molar-refractivity contribution in [2.45, 2.75) is 0 Å². The Morgan fingerprint density at radius 3 is 0.775 bits per heavy atom. The fourth-order valence-electron chi connectivity index (χ4n) is 23.0. The van der Waals surface area contributed by atoms with E-state index in [1.54, 1.807) is 0 Å². The van der Waals surface area contributed by atoms with Gasteiger partial charge in [0.15, 0.2) is 0 Å². The molecule has 0 bridgehead atoms. The minimum absolute atomic E-state index is 0.894. The number of para-hydroxylation sites is 7. The lowest BCUT2D eigenvalue weighted by atomic mass is 9.85. The number of fused-ring (bicyclic) bond motifs is 27. The molecule has 0 saturated heterocycles. The zero-order chi connectivity index (χ0) is 90.6. The van der Waals surface area contributed by atoms with Gasteiger partial charge in [-0.1, -0.05) is 388 Å². The summed E-state index contributed by atoms with van der Waals surface area (Å²) in [5.41, 5.74) is 30.7. The van der Waals surface area contributed by atoms with Crippen LogP contribution in [0.5, 0.6) is 0 Å². The number of aromatic nitrogens is 3. The molecule has 642 valence electrons. The molecule has 0 amide bonds. The predicted octanol–water partition coefficient (Wildman–Crippen LogP) is 37.0. The first-order valence-corrected chi connectivity index (χ1v) is 47.3. The van der Waals surface area contributed by atoms with Crippen LogP contribution >= 0.6 is 0 Å². The fraction of sp³-hybridized carbons (Fsp3) is 0. The Hall–Kier alpha value is -18.4. The standard InChI is InChI=1S/3C44H27NO/c1-3-15-28(16-4-1)40-31-20-7-9-22-33(31)41(34-23-10-8-21-32(34)40)37-27-36-30-19-11-13-25-38(30)45(29-17-5-2-6-18-29)43(36)42-35-24-12-14-26-39(35)46-44(37)42;1-3-13-28(14-4-1)41-32-17-7-9-19-34(32)42(35-20-10-8-18-33(35)41)29-23-24-31-36-25-26-40-43(37-21-11-12-22-39(37)46-40)44(36)45(38(31)27-29)30-15-5-2-6-16-30;1-2-12-28(13-3-1)41-32-15-4-6-17-34(32)42(35-18-7-5-16-33(35)41)29-22-24-30(25-23-29)45-38-20-10-8-14-31(38)36-26-27-40-43(44(36)45)37-19-9-11-21-39(37)46-40/h3*1-27H. The molecule has 0 saturated carbocycles. The van der Waals surface area contributed by atoms with Crippen molar-refractivity contribution in [1.82, 2.24) is 13.7 Å². The van der Waals surface area contributed by atoms with Crippen LogP contribution in [0, 0.1) is 0 Å². The van der Waals surface area contributed by atoms with E-state index in [-0.39, 0.29) is 0 Å². The molecule has 0 aliphatic rings. The number of rotatable bonds is 9. The van der Waals surface area contributed by atoms with E-state index < -0.39 is 0 Å². The summed E-state index contributed by atoms with van der Waals surface area (Å²) >= 11 is 0. The van der Waals surface area contributed by atoms with E-state index in [1.807, 2.05) is 12.1 Å². The summed E-state index contributed by atoms with van der Waals surface area (Å²) in [5, 5.41) is 29.2. The molecule has 0 spiro atoms. The van der Waals surface area contributed by atoms with Gasteiger partial charge >= 0.3 is 0 Å². The van der Waals surface area contributed by atoms with Crippen LogP contribution in [-0.2, 0) is 0 Å². The van der Waals surface area contributed by atoms with Gasteiger partial charge in [-0.05, 0) is 223 Å². The van der Waals surface area contributed by atoms with Gasteiger partial charge < -0.3 is 27.0 Å². The summed E-state index contributed by atoms with van der Waals surface area (Å²) in [4.78, 5) is 0. The summed E-state index contributed by atoms with van der Waals surface area (Å²) in [6.45, 7) is 0. The van der Waals surface area contributed by atoms with Crippen molar-refractivity contribution in [2.75, 3.05) is 0 Å². The summed E-state index contributed by atoms with van der Waals surface area (Å²) < 4.78 is 26.9. The minimum atomic E-state index is 0.894. The zero-order valence-corrected chi connectivity index (χ0v) is 74.8. The molecule has 0 fully saturated rings. The highest BCUT2D eigenvalue weighted by Gasteiger charge is 2.29. The highest BCUT2D eigenvalue weighted by Crippen LogP contribution is 2.54. The van der Waals surface area contributed by atoms with Gasteiger partial charge in [0.05, 0.1) is 49.3 Å². The first-order valence-electron chi connectivity index (χ1n) is 47.3. The van der Waals surface area contributed by atoms with Crippen LogP contribution in [0.4, 0.5) is 0 Å². The van der Waals surface area contributed by atoms with Gasteiger partial charge in [-0.15, -0.1) is 0 Å². The van der Waals surface area contributed by atoms with Crippen molar-refractivity contribution in [3.63, 3.8) is 0 Å². The Labute approximate surface area is 792 Å². The molecule has 138 heavy (non-hydrogen) atoms. The third-order valence-corrected chi connectivity index (χ3v) is 28.7. The minimum Gasteiger partial charge on any atom is -0.456 e. The van der Waals surface area contributed by atoms with Gasteiger partial charge in [-0.25, -0.2) is 0 Å². The molecule has 0 aliphatic carbocycles. The van der Waals surface area contributed by atoms with Gasteiger partial charge in [-0.3, -0.25) is 0 Å². The Bertz CT molecular complexity index is 10000. The second-order valence-electron chi connectivity index (χ2n) is 36.1. The van der Waals surface area contributed by atoms with Crippen LogP contribution in [0.25, 0.3) is 280 Å². The number of benzene rings is 24. The van der Waals surface area contributed by atoms with Crippen LogP contribution < -0.4 is 0 Å². The molecule has 6 heterocycles. The summed E-state index contributed by atoms with van der Waals surface area (Å²) in [6.07, 6.45) is 0. The smallest absolute Gasteiger partial charge is 0.145 e. The third kappa shape index (κ3) is 12.1. The van der Waals surface area contributed by atoms with Crippen molar-refractivity contribution in [1.29, 1.82) is 0 Å². The molecular weight excluding hydrogens is 1680 g/mol. The molecule has 30 aromatic rings. The van der Waals surface area contributed by atoms with Crippen LogP contribution in [0.15, 0.2) is 505 Å². The lowest BCUT2D eigenvalue weighted by molar-refractivity contribution is 0.669. The number of furan rings is 3. The number of nitrogens with zero attached hydrogens (tertiary/aromatic N) is 3. The maximum absolute atomic E-state index is 6.93. The average Bonchev–Trinajstić information content (AvgIpc) is 1.53. The molecule has 24 aromatic carbocycles. The number of hydrogen-bond donors (Lipinski definition) is 0. The van der Waals surface area contributed by atoms with Crippen LogP contribution in [0.2, 0.25) is 0 Å². The van der Waals surface area contributed by atoms with E-state index in [9.17, 15) is 0 Å². The lowest BCUT2D eigenvalue weighted by Crippen LogP contribution is -1.95. The van der Waals surface area contributed by atoms with Gasteiger partial charge in [0.2, 0.25) is 0 Å². The Kier molecular flexibility index (Phi) is 18.0. The monoisotopic (exact) mass is 1760 g/mol. The predicted molar refractivity (Wildman–Crippen MR) is 582 cm³/mol. The normalized spacial score (nSPS) is 11.9. The molecule has 30 rings (SSSR count). The maximum atomic E-state index is 6.93. The number of hydrogen-bond acceptors (Lipinski definition) is 3. The molecular formula is C132H81N3O3. The van der Waals surface area contributed by atoms with Crippen molar-refractivity contribution in [3.8, 4) is 83.8 Å². The van der Waals surface area contributed by atoms with E-state index in [1.165, 1.54) is 191 Å². The maximum Gasteiger partial charge on any atom is 0.145 e. The fourth-order valence-corrected chi connectivity index (χ4v) is 23.0. The Morgan fingerprint density at radius 2 is 0.391 bits per heavy atom. The van der Waals surface area contributed by atoms with Crippen molar-refractivity contribution in [2.24, 2.45) is 0 Å². The largest absolute Gasteiger partial charge is 0.456 e. The van der Waals surface area contributed by atoms with Crippen LogP contribution in [0.3, 0.4) is 0 Å². The highest BCUT2D eigenvalue weighted by atomic mass is 16.3. The van der Waals surface area contributed by atoms with Crippen LogP contribution in [0.1, 0.15) is 0 Å². The SMILES string of the molecule is c1ccc(-c2c3ccccc3c(-c3cc4c5ccccc5n(-c5ccccc5)c4c4c3oc3ccccc34)c3ccccc23)cc1.c1ccc(-c2c3ccccc3c(-c3ccc(-n4c5ccccc5c5ccc6oc7ccccc7c6c54)cc3)c3ccccc23)cc1.c1ccc(-c2c3ccccc3c(-c3ccc4c5ccc6oc7ccccc7c6c5n(-c5ccccc5)c4c3)c3ccccc23)cc1. The molecule has 6 aromatic heterocycles. The summed E-state index contributed by atoms with van der Waals surface area (Å²) in [5.74, 6) is 0. The van der Waals surface area contributed by atoms with Gasteiger partial charge in [0.25, 0.3) is 0 Å². The highest BCUT2D eigenvalue weighted by molar-refractivity contribution is 6.33. The summed E-state index contributed by atoms with van der Waals surface area (Å²) in [6, 6.07) is 177. The zero-order valence-electron chi connectivity index (χ0n) is 74.8.